The average Bonchev–Trinajstić information content (AvgIpc) is 2.46. The summed E-state index contributed by atoms with van der Waals surface area (Å²) in [6, 6.07) is 8.09. The van der Waals surface area contributed by atoms with Crippen molar-refractivity contribution in [3.8, 4) is 11.3 Å². The lowest BCUT2D eigenvalue weighted by molar-refractivity contribution is -0.167. The molecule has 0 spiro atoms. The third kappa shape index (κ3) is 4.25. The molecule has 0 atom stereocenters. The zero-order valence-electron chi connectivity index (χ0n) is 11.6. The molecule has 0 radical (unpaired) electrons. The minimum absolute atomic E-state index is 0.0307. The van der Waals surface area contributed by atoms with Crippen molar-refractivity contribution in [3.05, 3.63) is 36.4 Å². The highest BCUT2D eigenvalue weighted by molar-refractivity contribution is 7.90. The predicted molar refractivity (Wildman–Crippen MR) is 75.3 cm³/mol. The Kier molecular flexibility index (Phi) is 4.37. The monoisotopic (exact) mass is 345 g/mol. The lowest BCUT2D eigenvalue weighted by Gasteiger charge is -2.08. The second-order valence-corrected chi connectivity index (χ2v) is 6.52. The number of nitrogens with zero attached hydrogens (tertiary/aromatic N) is 2. The zero-order chi connectivity index (χ0) is 17.3. The number of hydrogen-bond acceptors (Lipinski definition) is 5. The average molecular weight is 345 g/mol. The molecule has 1 aromatic heterocycles. The van der Waals surface area contributed by atoms with Gasteiger partial charge in [-0.3, -0.25) is 4.79 Å². The smallest absolute Gasteiger partial charge is 0.318 e. The SMILES string of the molecule is CS(=O)(=O)c1ccc(-c2ccc(NC(=O)C(F)(F)F)cc2)nn1. The van der Waals surface area contributed by atoms with E-state index in [9.17, 15) is 26.4 Å². The molecule has 2 aromatic rings. The van der Waals surface area contributed by atoms with E-state index < -0.39 is 21.9 Å². The Hall–Kier alpha value is -2.49. The maximum Gasteiger partial charge on any atom is 0.471 e. The van der Waals surface area contributed by atoms with E-state index in [2.05, 4.69) is 10.2 Å². The summed E-state index contributed by atoms with van der Waals surface area (Å²) in [6.07, 6.45) is -3.97. The number of anilines is 1. The first-order chi connectivity index (χ1) is 10.6. The van der Waals surface area contributed by atoms with Gasteiger partial charge >= 0.3 is 12.1 Å². The van der Waals surface area contributed by atoms with Gasteiger partial charge in [0, 0.05) is 17.5 Å². The second-order valence-electron chi connectivity index (χ2n) is 4.56. The van der Waals surface area contributed by atoms with Crippen LogP contribution in [0, 0.1) is 0 Å². The summed E-state index contributed by atoms with van der Waals surface area (Å²) < 4.78 is 59.0. The van der Waals surface area contributed by atoms with E-state index in [0.29, 0.717) is 11.3 Å². The van der Waals surface area contributed by atoms with Crippen LogP contribution in [0.15, 0.2) is 41.4 Å². The second kappa shape index (κ2) is 5.95. The third-order valence-corrected chi connectivity index (χ3v) is 3.69. The molecule has 0 aliphatic carbocycles. The van der Waals surface area contributed by atoms with Crippen molar-refractivity contribution in [1.29, 1.82) is 0 Å². The molecule has 0 saturated heterocycles. The Bertz CT molecular complexity index is 816. The number of halogens is 3. The van der Waals surface area contributed by atoms with E-state index in [1.807, 2.05) is 0 Å². The first-order valence-electron chi connectivity index (χ1n) is 6.10. The van der Waals surface area contributed by atoms with Crippen LogP contribution in [-0.2, 0) is 14.6 Å². The standard InChI is InChI=1S/C13H10F3N3O3S/c1-23(21,22)11-7-6-10(18-19-11)8-2-4-9(5-3-8)17-12(20)13(14,15)16/h2-7H,1H3,(H,17,20). The van der Waals surface area contributed by atoms with E-state index in [1.54, 1.807) is 5.32 Å². The van der Waals surface area contributed by atoms with E-state index >= 15 is 0 Å². The largest absolute Gasteiger partial charge is 0.471 e. The van der Waals surface area contributed by atoms with Crippen LogP contribution in [0.4, 0.5) is 18.9 Å². The van der Waals surface area contributed by atoms with Crippen LogP contribution in [0.5, 0.6) is 0 Å². The molecule has 6 nitrogen and oxygen atoms in total. The van der Waals surface area contributed by atoms with Crippen molar-refractivity contribution < 1.29 is 26.4 Å². The van der Waals surface area contributed by atoms with Gasteiger partial charge in [-0.15, -0.1) is 10.2 Å². The summed E-state index contributed by atoms with van der Waals surface area (Å²) in [7, 11) is -3.46. The first-order valence-corrected chi connectivity index (χ1v) is 7.99. The number of carbonyl (C=O) groups is 1. The fourth-order valence-electron chi connectivity index (χ4n) is 1.60. The topological polar surface area (TPSA) is 89.0 Å². The molecule has 0 fully saturated rings. The van der Waals surface area contributed by atoms with E-state index in [-0.39, 0.29) is 10.7 Å². The summed E-state index contributed by atoms with van der Waals surface area (Å²) in [5, 5.41) is 8.85. The molecule has 10 heteroatoms. The molecule has 23 heavy (non-hydrogen) atoms. The van der Waals surface area contributed by atoms with Gasteiger partial charge in [0.15, 0.2) is 14.9 Å². The summed E-state index contributed by atoms with van der Waals surface area (Å²) in [6.45, 7) is 0. The van der Waals surface area contributed by atoms with Gasteiger partial charge < -0.3 is 5.32 Å². The Morgan fingerprint density at radius 1 is 1.04 bits per heavy atom. The first kappa shape index (κ1) is 16.9. The lowest BCUT2D eigenvalue weighted by Crippen LogP contribution is -2.29. The summed E-state index contributed by atoms with van der Waals surface area (Å²) in [5.41, 5.74) is 0.811. The van der Waals surface area contributed by atoms with Crippen molar-refractivity contribution in [2.75, 3.05) is 11.6 Å². The van der Waals surface area contributed by atoms with Crippen molar-refractivity contribution in [2.24, 2.45) is 0 Å². The number of benzene rings is 1. The van der Waals surface area contributed by atoms with Gasteiger partial charge in [-0.1, -0.05) is 12.1 Å². The lowest BCUT2D eigenvalue weighted by atomic mass is 10.1. The van der Waals surface area contributed by atoms with Gasteiger partial charge in [-0.25, -0.2) is 8.42 Å². The van der Waals surface area contributed by atoms with Crippen LogP contribution in [0.25, 0.3) is 11.3 Å². The number of alkyl halides is 3. The molecule has 0 aliphatic rings. The van der Waals surface area contributed by atoms with Gasteiger partial charge in [0.2, 0.25) is 0 Å². The maximum absolute atomic E-state index is 12.1. The summed E-state index contributed by atoms with van der Waals surface area (Å²) in [4.78, 5) is 10.8. The molecule has 1 aromatic carbocycles. The molecule has 0 saturated carbocycles. The van der Waals surface area contributed by atoms with E-state index in [1.165, 1.54) is 36.4 Å². The fraction of sp³-hybridized carbons (Fsp3) is 0.154. The molecule has 0 aliphatic heterocycles. The highest BCUT2D eigenvalue weighted by atomic mass is 32.2. The Balaban J connectivity index is 2.18. The van der Waals surface area contributed by atoms with Crippen LogP contribution >= 0.6 is 0 Å². The Morgan fingerprint density at radius 2 is 1.65 bits per heavy atom. The minimum Gasteiger partial charge on any atom is -0.318 e. The van der Waals surface area contributed by atoms with E-state index in [4.69, 9.17) is 0 Å². The summed E-state index contributed by atoms with van der Waals surface area (Å²) >= 11 is 0. The zero-order valence-corrected chi connectivity index (χ0v) is 12.4. The van der Waals surface area contributed by atoms with Gasteiger partial charge in [0.05, 0.1) is 5.69 Å². The number of carbonyl (C=O) groups excluding carboxylic acids is 1. The van der Waals surface area contributed by atoms with Crippen LogP contribution < -0.4 is 5.32 Å². The van der Waals surface area contributed by atoms with Crippen LogP contribution in [0.2, 0.25) is 0 Å². The number of rotatable bonds is 3. The highest BCUT2D eigenvalue weighted by Gasteiger charge is 2.38. The Labute approximate surface area is 129 Å². The molecule has 2 rings (SSSR count). The van der Waals surface area contributed by atoms with Crippen molar-refractivity contribution in [3.63, 3.8) is 0 Å². The number of amides is 1. The Morgan fingerprint density at radius 3 is 2.09 bits per heavy atom. The van der Waals surface area contributed by atoms with Gasteiger partial charge in [0.25, 0.3) is 0 Å². The number of sulfone groups is 1. The quantitative estimate of drug-likeness (QED) is 0.920. The fourth-order valence-corrected chi connectivity index (χ4v) is 2.10. The predicted octanol–water partition coefficient (Wildman–Crippen LogP) is 2.05. The molecule has 1 heterocycles. The van der Waals surface area contributed by atoms with Crippen molar-refractivity contribution >= 4 is 21.4 Å². The van der Waals surface area contributed by atoms with Crippen LogP contribution in [0.1, 0.15) is 0 Å². The summed E-state index contributed by atoms with van der Waals surface area (Å²) in [5.74, 6) is -2.07. The maximum atomic E-state index is 12.1. The van der Waals surface area contributed by atoms with Crippen molar-refractivity contribution in [1.82, 2.24) is 10.2 Å². The molecule has 122 valence electrons. The number of hydrogen-bond donors (Lipinski definition) is 1. The van der Waals surface area contributed by atoms with Gasteiger partial charge in [0.1, 0.15) is 0 Å². The van der Waals surface area contributed by atoms with Gasteiger partial charge in [-0.2, -0.15) is 13.2 Å². The van der Waals surface area contributed by atoms with E-state index in [0.717, 1.165) is 6.26 Å². The van der Waals surface area contributed by atoms with Gasteiger partial charge in [-0.05, 0) is 24.3 Å². The van der Waals surface area contributed by atoms with Crippen LogP contribution in [0.3, 0.4) is 0 Å². The minimum atomic E-state index is -4.97. The highest BCUT2D eigenvalue weighted by Crippen LogP contribution is 2.22. The molecular formula is C13H10F3N3O3S. The molecule has 0 unspecified atom stereocenters. The normalized spacial score (nSPS) is 12.0. The molecular weight excluding hydrogens is 335 g/mol. The molecule has 0 bridgehead atoms. The number of aromatic nitrogens is 2. The number of nitrogens with one attached hydrogen (secondary N) is 1. The molecule has 1 amide bonds. The third-order valence-electron chi connectivity index (χ3n) is 2.72. The van der Waals surface area contributed by atoms with Crippen LogP contribution in [-0.4, -0.2) is 37.0 Å². The van der Waals surface area contributed by atoms with Crippen molar-refractivity contribution in [2.45, 2.75) is 11.2 Å². The molecule has 1 N–H and O–H groups in total.